The van der Waals surface area contributed by atoms with Crippen molar-refractivity contribution in [3.63, 3.8) is 0 Å². The minimum Gasteiger partial charge on any atom is -0.469 e. The molecule has 1 rings (SSSR count). The van der Waals surface area contributed by atoms with Gasteiger partial charge < -0.3 is 4.74 Å². The van der Waals surface area contributed by atoms with Gasteiger partial charge in [-0.25, -0.2) is 4.98 Å². The lowest BCUT2D eigenvalue weighted by Gasteiger charge is -2.18. The maximum atomic E-state index is 11.8. The molecule has 1 heterocycles. The van der Waals surface area contributed by atoms with E-state index in [9.17, 15) is 9.59 Å². The van der Waals surface area contributed by atoms with Crippen LogP contribution in [0.4, 0.5) is 5.82 Å². The lowest BCUT2D eigenvalue weighted by Crippen LogP contribution is -2.34. The van der Waals surface area contributed by atoms with E-state index in [0.717, 1.165) is 4.47 Å². The minimum atomic E-state index is -0.461. The number of carbonyl (C=O) groups is 2. The number of pyridine rings is 1. The zero-order valence-electron chi connectivity index (χ0n) is 11.6. The molecule has 1 aromatic heterocycles. The third-order valence-electron chi connectivity index (χ3n) is 2.77. The van der Waals surface area contributed by atoms with Crippen LogP contribution in [-0.4, -0.2) is 24.0 Å². The number of hydrazine groups is 1. The molecule has 0 aromatic carbocycles. The van der Waals surface area contributed by atoms with Crippen molar-refractivity contribution in [2.45, 2.75) is 20.3 Å². The van der Waals surface area contributed by atoms with Gasteiger partial charge >= 0.3 is 5.97 Å². The van der Waals surface area contributed by atoms with Crippen LogP contribution in [0, 0.1) is 11.8 Å². The summed E-state index contributed by atoms with van der Waals surface area (Å²) in [6.45, 7) is 3.75. The molecular formula is C13H18BrN3O3. The molecule has 0 aliphatic heterocycles. The Kier molecular flexibility index (Phi) is 6.44. The Labute approximate surface area is 126 Å². The van der Waals surface area contributed by atoms with E-state index in [0.29, 0.717) is 5.82 Å². The number of aromatic nitrogens is 1. The van der Waals surface area contributed by atoms with E-state index < -0.39 is 5.92 Å². The number of hydrogen-bond donors (Lipinski definition) is 2. The molecule has 1 aromatic rings. The Morgan fingerprint density at radius 1 is 1.45 bits per heavy atom. The van der Waals surface area contributed by atoms with E-state index >= 15 is 0 Å². The van der Waals surface area contributed by atoms with E-state index in [-0.39, 0.29) is 24.2 Å². The Bertz CT molecular complexity index is 480. The Morgan fingerprint density at radius 2 is 2.15 bits per heavy atom. The number of nitrogens with one attached hydrogen (secondary N) is 2. The lowest BCUT2D eigenvalue weighted by molar-refractivity contribution is -0.149. The lowest BCUT2D eigenvalue weighted by atomic mass is 9.92. The second kappa shape index (κ2) is 7.84. The van der Waals surface area contributed by atoms with E-state index in [1.54, 1.807) is 18.3 Å². The van der Waals surface area contributed by atoms with Crippen molar-refractivity contribution in [1.29, 1.82) is 0 Å². The van der Waals surface area contributed by atoms with Gasteiger partial charge in [0.1, 0.15) is 5.82 Å². The van der Waals surface area contributed by atoms with Crippen LogP contribution in [0.15, 0.2) is 22.8 Å². The van der Waals surface area contributed by atoms with Gasteiger partial charge in [-0.3, -0.25) is 20.4 Å². The summed E-state index contributed by atoms with van der Waals surface area (Å²) in [6.07, 6.45) is 1.66. The minimum absolute atomic E-state index is 0.0252. The number of anilines is 1. The topological polar surface area (TPSA) is 80.3 Å². The zero-order chi connectivity index (χ0) is 15.1. The summed E-state index contributed by atoms with van der Waals surface area (Å²) in [5.41, 5.74) is 5.20. The number of hydrogen-bond acceptors (Lipinski definition) is 5. The van der Waals surface area contributed by atoms with E-state index in [2.05, 4.69) is 31.8 Å². The molecular weight excluding hydrogens is 326 g/mol. The smallest absolute Gasteiger partial charge is 0.309 e. The molecule has 0 aliphatic carbocycles. The first-order chi connectivity index (χ1) is 9.43. The highest BCUT2D eigenvalue weighted by Gasteiger charge is 2.25. The molecule has 7 heteroatoms. The SMILES string of the molecule is COC(=O)C(CC(=O)NNc1cc(Br)ccn1)C(C)C. The predicted octanol–water partition coefficient (Wildman–Crippen LogP) is 2.12. The molecule has 1 unspecified atom stereocenters. The van der Waals surface area contributed by atoms with Gasteiger partial charge in [0, 0.05) is 17.1 Å². The first kappa shape index (κ1) is 16.4. The average molecular weight is 344 g/mol. The van der Waals surface area contributed by atoms with Crippen molar-refractivity contribution in [1.82, 2.24) is 10.4 Å². The summed E-state index contributed by atoms with van der Waals surface area (Å²) in [7, 11) is 1.32. The van der Waals surface area contributed by atoms with Gasteiger partial charge in [-0.1, -0.05) is 29.8 Å². The normalized spacial score (nSPS) is 11.8. The van der Waals surface area contributed by atoms with Crippen molar-refractivity contribution in [3.8, 4) is 0 Å². The zero-order valence-corrected chi connectivity index (χ0v) is 13.2. The second-order valence-electron chi connectivity index (χ2n) is 4.61. The molecule has 0 fully saturated rings. The number of ether oxygens (including phenoxy) is 1. The molecule has 6 nitrogen and oxygen atoms in total. The van der Waals surface area contributed by atoms with E-state index in [4.69, 9.17) is 4.74 Å². The van der Waals surface area contributed by atoms with Crippen molar-refractivity contribution in [2.24, 2.45) is 11.8 Å². The summed E-state index contributed by atoms with van der Waals surface area (Å²) < 4.78 is 5.54. The van der Waals surface area contributed by atoms with Crippen LogP contribution in [0.25, 0.3) is 0 Å². The van der Waals surface area contributed by atoms with Gasteiger partial charge in [0.05, 0.1) is 13.0 Å². The van der Waals surface area contributed by atoms with E-state index in [1.807, 2.05) is 13.8 Å². The third-order valence-corrected chi connectivity index (χ3v) is 3.26. The highest BCUT2D eigenvalue weighted by atomic mass is 79.9. The highest BCUT2D eigenvalue weighted by molar-refractivity contribution is 9.10. The van der Waals surface area contributed by atoms with Crippen LogP contribution in [0.1, 0.15) is 20.3 Å². The molecule has 20 heavy (non-hydrogen) atoms. The summed E-state index contributed by atoms with van der Waals surface area (Å²) in [6, 6.07) is 3.50. The summed E-state index contributed by atoms with van der Waals surface area (Å²) >= 11 is 3.30. The first-order valence-corrected chi connectivity index (χ1v) is 6.97. The number of amides is 1. The van der Waals surface area contributed by atoms with Crippen LogP contribution in [0.3, 0.4) is 0 Å². The molecule has 0 spiro atoms. The van der Waals surface area contributed by atoms with Gasteiger partial charge in [0.2, 0.25) is 5.91 Å². The molecule has 0 bridgehead atoms. The van der Waals surface area contributed by atoms with Crippen LogP contribution in [-0.2, 0) is 14.3 Å². The number of rotatable bonds is 6. The number of esters is 1. The van der Waals surface area contributed by atoms with Crippen LogP contribution in [0.5, 0.6) is 0 Å². The Balaban J connectivity index is 2.52. The molecule has 0 saturated heterocycles. The number of halogens is 1. The number of nitrogens with zero attached hydrogens (tertiary/aromatic N) is 1. The quantitative estimate of drug-likeness (QED) is 0.610. The molecule has 0 aliphatic rings. The van der Waals surface area contributed by atoms with Crippen molar-refractivity contribution in [3.05, 3.63) is 22.8 Å². The van der Waals surface area contributed by atoms with Crippen LogP contribution >= 0.6 is 15.9 Å². The summed E-state index contributed by atoms with van der Waals surface area (Å²) in [5, 5.41) is 0. The Hall–Kier alpha value is -1.63. The van der Waals surface area contributed by atoms with Gasteiger partial charge in [0.15, 0.2) is 0 Å². The van der Waals surface area contributed by atoms with Gasteiger partial charge in [0.25, 0.3) is 0 Å². The van der Waals surface area contributed by atoms with Gasteiger partial charge in [-0.15, -0.1) is 0 Å². The fourth-order valence-corrected chi connectivity index (χ4v) is 1.94. The van der Waals surface area contributed by atoms with Crippen LogP contribution in [0.2, 0.25) is 0 Å². The average Bonchev–Trinajstić information content (AvgIpc) is 2.41. The monoisotopic (exact) mass is 343 g/mol. The summed E-state index contributed by atoms with van der Waals surface area (Å²) in [5.74, 6) is -0.604. The van der Waals surface area contributed by atoms with Crippen LogP contribution < -0.4 is 10.9 Å². The van der Waals surface area contributed by atoms with Gasteiger partial charge in [-0.05, 0) is 18.1 Å². The molecule has 1 atom stereocenters. The number of carbonyl (C=O) groups excluding carboxylic acids is 2. The standard InChI is InChI=1S/C13H18BrN3O3/c1-8(2)10(13(19)20-3)7-12(18)17-16-11-6-9(14)4-5-15-11/h4-6,8,10H,7H2,1-3H3,(H,15,16)(H,17,18). The molecule has 2 N–H and O–H groups in total. The fraction of sp³-hybridized carbons (Fsp3) is 0.462. The molecule has 0 radical (unpaired) electrons. The Morgan fingerprint density at radius 3 is 2.70 bits per heavy atom. The predicted molar refractivity (Wildman–Crippen MR) is 78.7 cm³/mol. The largest absolute Gasteiger partial charge is 0.469 e. The second-order valence-corrected chi connectivity index (χ2v) is 5.53. The van der Waals surface area contributed by atoms with E-state index in [1.165, 1.54) is 7.11 Å². The molecule has 1 amide bonds. The third kappa shape index (κ3) is 5.16. The summed E-state index contributed by atoms with van der Waals surface area (Å²) in [4.78, 5) is 27.4. The van der Waals surface area contributed by atoms with Crippen molar-refractivity contribution >= 4 is 33.6 Å². The maximum Gasteiger partial charge on any atom is 0.309 e. The molecule has 110 valence electrons. The first-order valence-electron chi connectivity index (χ1n) is 6.18. The van der Waals surface area contributed by atoms with Crippen molar-refractivity contribution < 1.29 is 14.3 Å². The maximum absolute atomic E-state index is 11.8. The van der Waals surface area contributed by atoms with Gasteiger partial charge in [-0.2, -0.15) is 0 Å². The highest BCUT2D eigenvalue weighted by Crippen LogP contribution is 2.17. The molecule has 0 saturated carbocycles. The fourth-order valence-electron chi connectivity index (χ4n) is 1.60. The van der Waals surface area contributed by atoms with Crippen molar-refractivity contribution in [2.75, 3.05) is 12.5 Å². The number of methoxy groups -OCH3 is 1.